The molecule has 1 aromatic heterocycles. The first-order valence-corrected chi connectivity index (χ1v) is 6.33. The zero-order valence-corrected chi connectivity index (χ0v) is 10.9. The number of para-hydroxylation sites is 1. The number of ether oxygens (including phenoxy) is 1. The van der Waals surface area contributed by atoms with Crippen LogP contribution in [-0.4, -0.2) is 12.1 Å². The van der Waals surface area contributed by atoms with Gasteiger partial charge in [0.2, 0.25) is 0 Å². The summed E-state index contributed by atoms with van der Waals surface area (Å²) in [4.78, 5) is 3.07. The normalized spacial score (nSPS) is 12.3. The molecule has 1 aromatic carbocycles. The number of hydrogen-bond acceptors (Lipinski definition) is 2. The number of rotatable bonds is 6. The Morgan fingerprint density at radius 3 is 2.78 bits per heavy atom. The zero-order valence-electron chi connectivity index (χ0n) is 10.9. The first-order chi connectivity index (χ1) is 8.85. The van der Waals surface area contributed by atoms with Crippen LogP contribution in [0.15, 0.2) is 42.7 Å². The Hall–Kier alpha value is -1.74. The van der Waals surface area contributed by atoms with E-state index in [2.05, 4.69) is 35.4 Å². The van der Waals surface area contributed by atoms with Crippen molar-refractivity contribution in [2.75, 3.05) is 7.11 Å². The summed E-state index contributed by atoms with van der Waals surface area (Å²) in [5, 5.41) is 3.56. The van der Waals surface area contributed by atoms with Gasteiger partial charge < -0.3 is 15.0 Å². The molecule has 3 heteroatoms. The van der Waals surface area contributed by atoms with E-state index in [0.29, 0.717) is 6.04 Å². The third-order valence-electron chi connectivity index (χ3n) is 3.14. The molecule has 0 radical (unpaired) electrons. The molecule has 0 aliphatic heterocycles. The SMILES string of the molecule is CCC(NCc1cc[nH]c1)c1ccccc1OC. The molecule has 0 saturated heterocycles. The molecule has 1 unspecified atom stereocenters. The van der Waals surface area contributed by atoms with E-state index < -0.39 is 0 Å². The van der Waals surface area contributed by atoms with Gasteiger partial charge in [0.05, 0.1) is 7.11 Å². The second-order valence-electron chi connectivity index (χ2n) is 4.30. The number of aromatic nitrogens is 1. The van der Waals surface area contributed by atoms with Gasteiger partial charge in [-0.3, -0.25) is 0 Å². The van der Waals surface area contributed by atoms with Gasteiger partial charge in [-0.15, -0.1) is 0 Å². The average molecular weight is 244 g/mol. The van der Waals surface area contributed by atoms with Crippen LogP contribution in [0.25, 0.3) is 0 Å². The van der Waals surface area contributed by atoms with Gasteiger partial charge in [-0.05, 0) is 24.1 Å². The van der Waals surface area contributed by atoms with E-state index in [9.17, 15) is 0 Å². The van der Waals surface area contributed by atoms with E-state index in [1.54, 1.807) is 7.11 Å². The molecule has 0 spiro atoms. The summed E-state index contributed by atoms with van der Waals surface area (Å²) in [5.41, 5.74) is 2.49. The van der Waals surface area contributed by atoms with Crippen LogP contribution >= 0.6 is 0 Å². The van der Waals surface area contributed by atoms with Crippen molar-refractivity contribution in [3.8, 4) is 5.75 Å². The molecule has 0 fully saturated rings. The molecule has 0 aliphatic rings. The Labute approximate surface area is 108 Å². The quantitative estimate of drug-likeness (QED) is 0.818. The van der Waals surface area contributed by atoms with E-state index in [4.69, 9.17) is 4.74 Å². The monoisotopic (exact) mass is 244 g/mol. The summed E-state index contributed by atoms with van der Waals surface area (Å²) in [6.45, 7) is 3.04. The molecule has 1 atom stereocenters. The topological polar surface area (TPSA) is 37.0 Å². The zero-order chi connectivity index (χ0) is 12.8. The van der Waals surface area contributed by atoms with Gasteiger partial charge in [0.25, 0.3) is 0 Å². The van der Waals surface area contributed by atoms with Crippen LogP contribution < -0.4 is 10.1 Å². The molecular formula is C15H20N2O. The third-order valence-corrected chi connectivity index (χ3v) is 3.14. The van der Waals surface area contributed by atoms with Crippen molar-refractivity contribution in [3.63, 3.8) is 0 Å². The number of nitrogens with one attached hydrogen (secondary N) is 2. The maximum Gasteiger partial charge on any atom is 0.123 e. The molecule has 18 heavy (non-hydrogen) atoms. The third kappa shape index (κ3) is 2.93. The largest absolute Gasteiger partial charge is 0.496 e. The second-order valence-corrected chi connectivity index (χ2v) is 4.30. The summed E-state index contributed by atoms with van der Waals surface area (Å²) >= 11 is 0. The molecule has 2 N–H and O–H groups in total. The first kappa shape index (κ1) is 12.7. The lowest BCUT2D eigenvalue weighted by Gasteiger charge is -2.19. The molecule has 0 bridgehead atoms. The van der Waals surface area contributed by atoms with Crippen molar-refractivity contribution in [2.45, 2.75) is 25.9 Å². The van der Waals surface area contributed by atoms with Crippen molar-refractivity contribution in [1.82, 2.24) is 10.3 Å². The number of benzene rings is 1. The van der Waals surface area contributed by atoms with Crippen LogP contribution in [0.3, 0.4) is 0 Å². The molecule has 0 saturated carbocycles. The van der Waals surface area contributed by atoms with Crippen LogP contribution in [0, 0.1) is 0 Å². The highest BCUT2D eigenvalue weighted by Gasteiger charge is 2.13. The molecule has 0 aliphatic carbocycles. The predicted octanol–water partition coefficient (Wildman–Crippen LogP) is 3.26. The fourth-order valence-electron chi connectivity index (χ4n) is 2.14. The van der Waals surface area contributed by atoms with Crippen molar-refractivity contribution >= 4 is 0 Å². The van der Waals surface area contributed by atoms with E-state index in [-0.39, 0.29) is 0 Å². The second kappa shape index (κ2) is 6.26. The highest BCUT2D eigenvalue weighted by molar-refractivity contribution is 5.35. The fraction of sp³-hybridized carbons (Fsp3) is 0.333. The summed E-state index contributed by atoms with van der Waals surface area (Å²) < 4.78 is 5.42. The highest BCUT2D eigenvalue weighted by atomic mass is 16.5. The first-order valence-electron chi connectivity index (χ1n) is 6.33. The molecule has 3 nitrogen and oxygen atoms in total. The van der Waals surface area contributed by atoms with Gasteiger partial charge >= 0.3 is 0 Å². The van der Waals surface area contributed by atoms with E-state index in [1.165, 1.54) is 11.1 Å². The van der Waals surface area contributed by atoms with E-state index >= 15 is 0 Å². The maximum atomic E-state index is 5.42. The number of aromatic amines is 1. The number of H-pyrrole nitrogens is 1. The Bertz CT molecular complexity index is 465. The average Bonchev–Trinajstić information content (AvgIpc) is 2.93. The lowest BCUT2D eigenvalue weighted by Crippen LogP contribution is -2.20. The van der Waals surface area contributed by atoms with Crippen molar-refractivity contribution in [3.05, 3.63) is 53.9 Å². The van der Waals surface area contributed by atoms with Crippen molar-refractivity contribution in [2.24, 2.45) is 0 Å². The molecular weight excluding hydrogens is 224 g/mol. The summed E-state index contributed by atoms with van der Waals surface area (Å²) in [6.07, 6.45) is 4.99. The maximum absolute atomic E-state index is 5.42. The summed E-state index contributed by atoms with van der Waals surface area (Å²) in [7, 11) is 1.72. The standard InChI is InChI=1S/C15H20N2O/c1-3-14(17-11-12-8-9-16-10-12)13-6-4-5-7-15(13)18-2/h4-10,14,16-17H,3,11H2,1-2H3. The Morgan fingerprint density at radius 1 is 1.28 bits per heavy atom. The number of hydrogen-bond donors (Lipinski definition) is 2. The van der Waals surface area contributed by atoms with E-state index in [1.807, 2.05) is 24.5 Å². The molecule has 2 aromatic rings. The lowest BCUT2D eigenvalue weighted by molar-refractivity contribution is 0.396. The van der Waals surface area contributed by atoms with Crippen LogP contribution in [0.5, 0.6) is 5.75 Å². The van der Waals surface area contributed by atoms with Gasteiger partial charge in [0.1, 0.15) is 5.75 Å². The van der Waals surface area contributed by atoms with Crippen molar-refractivity contribution < 1.29 is 4.74 Å². The smallest absolute Gasteiger partial charge is 0.123 e. The molecule has 96 valence electrons. The van der Waals surface area contributed by atoms with Crippen LogP contribution in [-0.2, 0) is 6.54 Å². The molecule has 2 rings (SSSR count). The summed E-state index contributed by atoms with van der Waals surface area (Å²) in [5.74, 6) is 0.950. The minimum atomic E-state index is 0.316. The van der Waals surface area contributed by atoms with Crippen LogP contribution in [0.4, 0.5) is 0 Å². The van der Waals surface area contributed by atoms with Gasteiger partial charge in [0.15, 0.2) is 0 Å². The van der Waals surface area contributed by atoms with Crippen LogP contribution in [0.2, 0.25) is 0 Å². The van der Waals surface area contributed by atoms with Crippen LogP contribution in [0.1, 0.15) is 30.5 Å². The molecule has 1 heterocycles. The van der Waals surface area contributed by atoms with Crippen molar-refractivity contribution in [1.29, 1.82) is 0 Å². The fourth-order valence-corrected chi connectivity index (χ4v) is 2.14. The minimum absolute atomic E-state index is 0.316. The predicted molar refractivity (Wildman–Crippen MR) is 73.7 cm³/mol. The Balaban J connectivity index is 2.08. The highest BCUT2D eigenvalue weighted by Crippen LogP contribution is 2.26. The van der Waals surface area contributed by atoms with Gasteiger partial charge in [-0.25, -0.2) is 0 Å². The molecule has 0 amide bonds. The van der Waals surface area contributed by atoms with Gasteiger partial charge in [0, 0.05) is 30.5 Å². The Morgan fingerprint density at radius 2 is 2.11 bits per heavy atom. The lowest BCUT2D eigenvalue weighted by atomic mass is 10.0. The summed E-state index contributed by atoms with van der Waals surface area (Å²) in [6, 6.07) is 10.6. The van der Waals surface area contributed by atoms with E-state index in [0.717, 1.165) is 18.7 Å². The minimum Gasteiger partial charge on any atom is -0.496 e. The van der Waals surface area contributed by atoms with Gasteiger partial charge in [-0.2, -0.15) is 0 Å². The Kier molecular flexibility index (Phi) is 4.42. The number of methoxy groups -OCH3 is 1. The van der Waals surface area contributed by atoms with Gasteiger partial charge in [-0.1, -0.05) is 25.1 Å².